The fourth-order valence-electron chi connectivity index (χ4n) is 3.31. The predicted octanol–water partition coefficient (Wildman–Crippen LogP) is 6.83. The van der Waals surface area contributed by atoms with E-state index >= 15 is 0 Å². The molecule has 0 saturated carbocycles. The quantitative estimate of drug-likeness (QED) is 0.254. The third-order valence-corrected chi connectivity index (χ3v) is 4.95. The lowest BCUT2D eigenvalue weighted by Crippen LogP contribution is -2.02. The van der Waals surface area contributed by atoms with Gasteiger partial charge in [-0.2, -0.15) is 0 Å². The molecule has 0 spiro atoms. The molecule has 0 unspecified atom stereocenters. The van der Waals surface area contributed by atoms with Gasteiger partial charge in [-0.3, -0.25) is 0 Å². The minimum absolute atomic E-state index is 0.574. The van der Waals surface area contributed by atoms with Crippen LogP contribution in [0.15, 0.2) is 11.8 Å². The van der Waals surface area contributed by atoms with Gasteiger partial charge in [-0.25, -0.2) is 0 Å². The number of hydrogen-bond donors (Lipinski definition) is 2. The molecule has 0 bridgehead atoms. The number of nitrogens with two attached hydrogens (primary N) is 2. The van der Waals surface area contributed by atoms with E-state index in [2.05, 4.69) is 6.92 Å². The molecule has 0 rings (SSSR count). The minimum Gasteiger partial charge on any atom is -0.402 e. The maximum absolute atomic E-state index is 5.83. The molecule has 0 amide bonds. The summed E-state index contributed by atoms with van der Waals surface area (Å²) in [4.78, 5) is 0. The van der Waals surface area contributed by atoms with Crippen LogP contribution in [0, 0.1) is 0 Å². The van der Waals surface area contributed by atoms with Crippen molar-refractivity contribution in [3.8, 4) is 0 Å². The van der Waals surface area contributed by atoms with Crippen molar-refractivity contribution < 1.29 is 0 Å². The van der Waals surface area contributed by atoms with E-state index in [1.54, 1.807) is 0 Å². The minimum atomic E-state index is 0.574. The standard InChI is InChI=1S/C22H46N2/c1-2-3-4-5-6-7-8-9-10-11-12-13-14-15-16-17-18-19-22(24)20-21-23/h20H,2-19,21,23-24H2,1H3. The molecule has 0 aromatic heterocycles. The molecule has 0 aromatic carbocycles. The zero-order chi connectivity index (χ0) is 17.7. The van der Waals surface area contributed by atoms with Crippen LogP contribution in [-0.2, 0) is 0 Å². The number of hydrogen-bond acceptors (Lipinski definition) is 2. The summed E-state index contributed by atoms with van der Waals surface area (Å²) in [5.74, 6) is 0. The first-order chi connectivity index (χ1) is 11.8. The van der Waals surface area contributed by atoms with Crippen molar-refractivity contribution >= 4 is 0 Å². The van der Waals surface area contributed by atoms with E-state index in [9.17, 15) is 0 Å². The second-order valence-corrected chi connectivity index (χ2v) is 7.42. The zero-order valence-electron chi connectivity index (χ0n) is 16.7. The summed E-state index contributed by atoms with van der Waals surface area (Å²) in [6.07, 6.45) is 27.1. The summed E-state index contributed by atoms with van der Waals surface area (Å²) in [5.41, 5.74) is 12.2. The molecule has 144 valence electrons. The predicted molar refractivity (Wildman–Crippen MR) is 110 cm³/mol. The molecule has 0 saturated heterocycles. The Kier molecular flexibility index (Phi) is 20.1. The molecule has 0 aromatic rings. The first kappa shape index (κ1) is 23.5. The lowest BCUT2D eigenvalue weighted by atomic mass is 10.0. The van der Waals surface area contributed by atoms with Crippen LogP contribution in [0.4, 0.5) is 0 Å². The van der Waals surface area contributed by atoms with Crippen LogP contribution in [0.5, 0.6) is 0 Å². The van der Waals surface area contributed by atoms with E-state index in [4.69, 9.17) is 11.5 Å². The molecule has 2 nitrogen and oxygen atoms in total. The van der Waals surface area contributed by atoms with E-state index in [1.807, 2.05) is 6.08 Å². The Labute approximate surface area is 152 Å². The number of unbranched alkanes of at least 4 members (excludes halogenated alkanes) is 16. The SMILES string of the molecule is CCCCCCCCCCCCCCCCCCCC(N)=CCN. The Bertz CT molecular complexity index is 261. The van der Waals surface area contributed by atoms with Crippen LogP contribution in [0.2, 0.25) is 0 Å². The fraction of sp³-hybridized carbons (Fsp3) is 0.909. The molecule has 0 radical (unpaired) electrons. The molecule has 0 fully saturated rings. The summed E-state index contributed by atoms with van der Waals surface area (Å²) in [7, 11) is 0. The highest BCUT2D eigenvalue weighted by molar-refractivity contribution is 4.96. The third kappa shape index (κ3) is 19.5. The van der Waals surface area contributed by atoms with E-state index in [-0.39, 0.29) is 0 Å². The van der Waals surface area contributed by atoms with Gasteiger partial charge in [-0.15, -0.1) is 0 Å². The first-order valence-electron chi connectivity index (χ1n) is 11.0. The second-order valence-electron chi connectivity index (χ2n) is 7.42. The second kappa shape index (κ2) is 20.5. The summed E-state index contributed by atoms with van der Waals surface area (Å²) in [5, 5.41) is 0. The van der Waals surface area contributed by atoms with Crippen molar-refractivity contribution in [2.75, 3.05) is 6.54 Å². The van der Waals surface area contributed by atoms with Crippen LogP contribution in [0.3, 0.4) is 0 Å². The van der Waals surface area contributed by atoms with E-state index < -0.39 is 0 Å². The van der Waals surface area contributed by atoms with Gasteiger partial charge in [0.2, 0.25) is 0 Å². The average Bonchev–Trinajstić information content (AvgIpc) is 2.58. The molecule has 0 atom stereocenters. The fourth-order valence-corrected chi connectivity index (χ4v) is 3.31. The Hall–Kier alpha value is -0.500. The molecule has 0 heterocycles. The Morgan fingerprint density at radius 1 is 0.583 bits per heavy atom. The van der Waals surface area contributed by atoms with Gasteiger partial charge in [0.05, 0.1) is 0 Å². The molecule has 0 aliphatic carbocycles. The van der Waals surface area contributed by atoms with Crippen molar-refractivity contribution in [3.05, 3.63) is 11.8 Å². The zero-order valence-corrected chi connectivity index (χ0v) is 16.7. The average molecular weight is 339 g/mol. The summed E-state index contributed by atoms with van der Waals surface area (Å²) < 4.78 is 0. The first-order valence-corrected chi connectivity index (χ1v) is 11.0. The maximum atomic E-state index is 5.83. The molecular formula is C22H46N2. The molecular weight excluding hydrogens is 292 g/mol. The summed E-state index contributed by atoms with van der Waals surface area (Å²) >= 11 is 0. The number of allylic oxidation sites excluding steroid dienone is 1. The van der Waals surface area contributed by atoms with Gasteiger partial charge in [0.1, 0.15) is 0 Å². The molecule has 24 heavy (non-hydrogen) atoms. The normalized spacial score (nSPS) is 12.0. The van der Waals surface area contributed by atoms with Gasteiger partial charge in [-0.1, -0.05) is 116 Å². The van der Waals surface area contributed by atoms with Gasteiger partial charge >= 0.3 is 0 Å². The van der Waals surface area contributed by atoms with Crippen LogP contribution < -0.4 is 11.5 Å². The van der Waals surface area contributed by atoms with Gasteiger partial charge in [0.25, 0.3) is 0 Å². The van der Waals surface area contributed by atoms with Gasteiger partial charge in [0, 0.05) is 12.2 Å². The van der Waals surface area contributed by atoms with Crippen molar-refractivity contribution in [2.45, 2.75) is 122 Å². The molecule has 0 aliphatic rings. The van der Waals surface area contributed by atoms with Crippen LogP contribution in [0.25, 0.3) is 0 Å². The lowest BCUT2D eigenvalue weighted by molar-refractivity contribution is 0.527. The summed E-state index contributed by atoms with van der Waals surface area (Å²) in [6, 6.07) is 0. The topological polar surface area (TPSA) is 52.0 Å². The Balaban J connectivity index is 3.04. The smallest absolute Gasteiger partial charge is 0.0126 e. The van der Waals surface area contributed by atoms with E-state index in [0.29, 0.717) is 6.54 Å². The van der Waals surface area contributed by atoms with E-state index in [0.717, 1.165) is 12.1 Å². The largest absolute Gasteiger partial charge is 0.402 e. The lowest BCUT2D eigenvalue weighted by Gasteiger charge is -2.04. The van der Waals surface area contributed by atoms with Gasteiger partial charge in [-0.05, 0) is 12.8 Å². The summed E-state index contributed by atoms with van der Waals surface area (Å²) in [6.45, 7) is 2.86. The van der Waals surface area contributed by atoms with Crippen LogP contribution >= 0.6 is 0 Å². The Morgan fingerprint density at radius 3 is 1.25 bits per heavy atom. The van der Waals surface area contributed by atoms with Crippen molar-refractivity contribution in [3.63, 3.8) is 0 Å². The highest BCUT2D eigenvalue weighted by Gasteiger charge is 1.95. The highest BCUT2D eigenvalue weighted by Crippen LogP contribution is 2.14. The third-order valence-electron chi connectivity index (χ3n) is 4.95. The van der Waals surface area contributed by atoms with Crippen molar-refractivity contribution in [1.29, 1.82) is 0 Å². The Morgan fingerprint density at radius 2 is 0.917 bits per heavy atom. The number of rotatable bonds is 19. The van der Waals surface area contributed by atoms with Crippen LogP contribution in [0.1, 0.15) is 122 Å². The van der Waals surface area contributed by atoms with E-state index in [1.165, 1.54) is 109 Å². The van der Waals surface area contributed by atoms with Gasteiger partial charge in [0.15, 0.2) is 0 Å². The maximum Gasteiger partial charge on any atom is 0.0126 e. The highest BCUT2D eigenvalue weighted by atomic mass is 14.6. The molecule has 4 N–H and O–H groups in total. The monoisotopic (exact) mass is 338 g/mol. The van der Waals surface area contributed by atoms with Crippen LogP contribution in [-0.4, -0.2) is 6.54 Å². The molecule has 0 aliphatic heterocycles. The molecule has 2 heteroatoms. The van der Waals surface area contributed by atoms with Crippen molar-refractivity contribution in [2.24, 2.45) is 11.5 Å². The van der Waals surface area contributed by atoms with Gasteiger partial charge < -0.3 is 11.5 Å². The van der Waals surface area contributed by atoms with Crippen molar-refractivity contribution in [1.82, 2.24) is 0 Å².